The van der Waals surface area contributed by atoms with Crippen LogP contribution in [-0.4, -0.2) is 11.2 Å². The number of rotatable bonds is 5. The predicted molar refractivity (Wildman–Crippen MR) is 73.9 cm³/mol. The van der Waals surface area contributed by atoms with Gasteiger partial charge in [0.05, 0.1) is 6.10 Å². The normalized spacial score (nSPS) is 42.8. The molecule has 1 N–H and O–H groups in total. The summed E-state index contributed by atoms with van der Waals surface area (Å²) in [5.41, 5.74) is 0.518. The second-order valence-electron chi connectivity index (χ2n) is 7.37. The fourth-order valence-electron chi connectivity index (χ4n) is 5.58. The highest BCUT2D eigenvalue weighted by Gasteiger charge is 2.51. The lowest BCUT2D eigenvalue weighted by molar-refractivity contribution is -0.0767. The standard InChI is InChI=1S/C17H26O/c1-2-3-4-5-16(18)12-17-9-13-6-14(10-17)8-15(7-13)11-17/h1,13-16,18H,3-12H2. The van der Waals surface area contributed by atoms with Crippen LogP contribution in [0, 0.1) is 35.5 Å². The lowest BCUT2D eigenvalue weighted by Crippen LogP contribution is -2.47. The summed E-state index contributed by atoms with van der Waals surface area (Å²) in [7, 11) is 0. The van der Waals surface area contributed by atoms with Crippen LogP contribution in [0.3, 0.4) is 0 Å². The van der Waals surface area contributed by atoms with Crippen LogP contribution in [0.1, 0.15) is 64.2 Å². The second-order valence-corrected chi connectivity index (χ2v) is 7.37. The van der Waals surface area contributed by atoms with Gasteiger partial charge < -0.3 is 5.11 Å². The highest BCUT2D eigenvalue weighted by molar-refractivity contribution is 5.02. The fourth-order valence-corrected chi connectivity index (χ4v) is 5.58. The van der Waals surface area contributed by atoms with Gasteiger partial charge in [0.1, 0.15) is 0 Å². The van der Waals surface area contributed by atoms with E-state index in [1.54, 1.807) is 0 Å². The molecule has 1 unspecified atom stereocenters. The first kappa shape index (κ1) is 12.5. The van der Waals surface area contributed by atoms with E-state index >= 15 is 0 Å². The van der Waals surface area contributed by atoms with Crippen molar-refractivity contribution in [2.45, 2.75) is 70.3 Å². The Bertz CT molecular complexity index is 303. The minimum atomic E-state index is -0.102. The molecule has 0 heterocycles. The average molecular weight is 246 g/mol. The Labute approximate surface area is 111 Å². The van der Waals surface area contributed by atoms with Crippen LogP contribution in [0.2, 0.25) is 0 Å². The van der Waals surface area contributed by atoms with Crippen molar-refractivity contribution in [3.63, 3.8) is 0 Å². The van der Waals surface area contributed by atoms with Crippen molar-refractivity contribution in [1.29, 1.82) is 0 Å². The summed E-state index contributed by atoms with van der Waals surface area (Å²) >= 11 is 0. The van der Waals surface area contributed by atoms with E-state index in [1.807, 2.05) is 0 Å². The maximum atomic E-state index is 10.3. The first-order chi connectivity index (χ1) is 8.69. The third-order valence-electron chi connectivity index (χ3n) is 5.69. The van der Waals surface area contributed by atoms with Crippen molar-refractivity contribution in [2.75, 3.05) is 0 Å². The zero-order valence-electron chi connectivity index (χ0n) is 11.4. The Morgan fingerprint density at radius 2 is 1.67 bits per heavy atom. The van der Waals surface area contributed by atoms with E-state index in [4.69, 9.17) is 6.42 Å². The molecule has 4 bridgehead atoms. The van der Waals surface area contributed by atoms with Gasteiger partial charge in [-0.05, 0) is 81.0 Å². The third-order valence-corrected chi connectivity index (χ3v) is 5.69. The van der Waals surface area contributed by atoms with Gasteiger partial charge in [-0.15, -0.1) is 12.3 Å². The minimum absolute atomic E-state index is 0.102. The molecule has 4 rings (SSSR count). The fraction of sp³-hybridized carbons (Fsp3) is 0.882. The molecule has 0 aromatic heterocycles. The van der Waals surface area contributed by atoms with Gasteiger partial charge in [0.25, 0.3) is 0 Å². The summed E-state index contributed by atoms with van der Waals surface area (Å²) in [6.45, 7) is 0. The number of hydrogen-bond donors (Lipinski definition) is 1. The zero-order valence-corrected chi connectivity index (χ0v) is 11.4. The molecule has 0 aromatic carbocycles. The third kappa shape index (κ3) is 2.45. The molecule has 0 aliphatic heterocycles. The van der Waals surface area contributed by atoms with Gasteiger partial charge in [0.2, 0.25) is 0 Å². The molecule has 4 saturated carbocycles. The average Bonchev–Trinajstić information content (AvgIpc) is 2.26. The molecule has 4 fully saturated rings. The largest absolute Gasteiger partial charge is 0.393 e. The highest BCUT2D eigenvalue weighted by atomic mass is 16.3. The molecule has 1 atom stereocenters. The first-order valence-electron chi connectivity index (χ1n) is 7.81. The van der Waals surface area contributed by atoms with Gasteiger partial charge in [-0.3, -0.25) is 0 Å². The molecular weight excluding hydrogens is 220 g/mol. The van der Waals surface area contributed by atoms with Crippen LogP contribution in [0.5, 0.6) is 0 Å². The minimum Gasteiger partial charge on any atom is -0.393 e. The highest BCUT2D eigenvalue weighted by Crippen LogP contribution is 2.61. The lowest BCUT2D eigenvalue weighted by atomic mass is 9.48. The summed E-state index contributed by atoms with van der Waals surface area (Å²) < 4.78 is 0. The number of aliphatic hydroxyl groups excluding tert-OH is 1. The molecule has 0 spiro atoms. The van der Waals surface area contributed by atoms with Crippen molar-refractivity contribution in [3.05, 3.63) is 0 Å². The van der Waals surface area contributed by atoms with Crippen molar-refractivity contribution in [3.8, 4) is 12.3 Å². The zero-order chi connectivity index (χ0) is 12.6. The Kier molecular flexibility index (Phi) is 3.41. The van der Waals surface area contributed by atoms with Crippen LogP contribution in [0.25, 0.3) is 0 Å². The van der Waals surface area contributed by atoms with Crippen LogP contribution in [0.15, 0.2) is 0 Å². The van der Waals surface area contributed by atoms with E-state index in [0.29, 0.717) is 5.41 Å². The molecule has 4 aliphatic carbocycles. The van der Waals surface area contributed by atoms with Crippen LogP contribution in [-0.2, 0) is 0 Å². The molecule has 18 heavy (non-hydrogen) atoms. The smallest absolute Gasteiger partial charge is 0.0545 e. The Hall–Kier alpha value is -0.480. The van der Waals surface area contributed by atoms with Gasteiger partial charge in [-0.1, -0.05) is 0 Å². The molecule has 0 aromatic rings. The lowest BCUT2D eigenvalue weighted by Gasteiger charge is -2.57. The number of unbranched alkanes of at least 4 members (excludes halogenated alkanes) is 1. The van der Waals surface area contributed by atoms with Gasteiger partial charge >= 0.3 is 0 Å². The van der Waals surface area contributed by atoms with Crippen LogP contribution >= 0.6 is 0 Å². The second kappa shape index (κ2) is 4.89. The topological polar surface area (TPSA) is 20.2 Å². The van der Waals surface area contributed by atoms with Crippen molar-refractivity contribution in [1.82, 2.24) is 0 Å². The molecule has 1 nitrogen and oxygen atoms in total. The Morgan fingerprint density at radius 3 is 2.17 bits per heavy atom. The van der Waals surface area contributed by atoms with Gasteiger partial charge in [0, 0.05) is 6.42 Å². The van der Waals surface area contributed by atoms with E-state index < -0.39 is 0 Å². The summed E-state index contributed by atoms with van der Waals surface area (Å²) in [5.74, 6) is 5.66. The number of terminal acetylenes is 1. The SMILES string of the molecule is C#CCCCC(O)CC12CC3CC(CC(C3)C1)C2. The number of hydrogen-bond acceptors (Lipinski definition) is 1. The molecule has 0 saturated heterocycles. The van der Waals surface area contributed by atoms with Gasteiger partial charge in [-0.2, -0.15) is 0 Å². The molecular formula is C17H26O. The predicted octanol–water partition coefficient (Wildman–Crippen LogP) is 3.76. The molecule has 1 heteroatoms. The number of aliphatic hydroxyl groups is 1. The maximum absolute atomic E-state index is 10.3. The van der Waals surface area contributed by atoms with Crippen LogP contribution < -0.4 is 0 Å². The summed E-state index contributed by atoms with van der Waals surface area (Å²) in [4.78, 5) is 0. The molecule has 0 radical (unpaired) electrons. The molecule has 0 amide bonds. The summed E-state index contributed by atoms with van der Waals surface area (Å²) in [6.07, 6.45) is 17.6. The quantitative estimate of drug-likeness (QED) is 0.578. The van der Waals surface area contributed by atoms with Crippen molar-refractivity contribution in [2.24, 2.45) is 23.2 Å². The van der Waals surface area contributed by atoms with Crippen molar-refractivity contribution < 1.29 is 5.11 Å². The van der Waals surface area contributed by atoms with E-state index in [-0.39, 0.29) is 6.10 Å². The summed E-state index contributed by atoms with van der Waals surface area (Å²) in [6, 6.07) is 0. The van der Waals surface area contributed by atoms with E-state index in [9.17, 15) is 5.11 Å². The van der Waals surface area contributed by atoms with Crippen LogP contribution in [0.4, 0.5) is 0 Å². The monoisotopic (exact) mass is 246 g/mol. The first-order valence-corrected chi connectivity index (χ1v) is 7.81. The Morgan fingerprint density at radius 1 is 1.11 bits per heavy atom. The van der Waals surface area contributed by atoms with Gasteiger partial charge in [-0.25, -0.2) is 0 Å². The molecule has 4 aliphatic rings. The van der Waals surface area contributed by atoms with Crippen molar-refractivity contribution >= 4 is 0 Å². The maximum Gasteiger partial charge on any atom is 0.0545 e. The van der Waals surface area contributed by atoms with E-state index in [1.165, 1.54) is 38.5 Å². The summed E-state index contributed by atoms with van der Waals surface area (Å²) in [5, 5.41) is 10.3. The van der Waals surface area contributed by atoms with E-state index in [0.717, 1.165) is 43.4 Å². The van der Waals surface area contributed by atoms with E-state index in [2.05, 4.69) is 5.92 Å². The molecule has 100 valence electrons. The Balaban J connectivity index is 1.57. The van der Waals surface area contributed by atoms with Gasteiger partial charge in [0.15, 0.2) is 0 Å².